The number of ether oxygens (including phenoxy) is 1. The molecule has 3 N–H and O–H groups in total. The highest BCUT2D eigenvalue weighted by Crippen LogP contribution is 2.30. The van der Waals surface area contributed by atoms with E-state index in [0.717, 1.165) is 0 Å². The van der Waals surface area contributed by atoms with Crippen molar-refractivity contribution in [2.75, 3.05) is 25.6 Å². The van der Waals surface area contributed by atoms with Crippen LogP contribution < -0.4 is 15.4 Å². The number of carbonyl (C=O) groups excluding carboxylic acids is 1. The number of amides is 1. The van der Waals surface area contributed by atoms with E-state index in [1.807, 2.05) is 0 Å². The molecule has 0 unspecified atom stereocenters. The van der Waals surface area contributed by atoms with Gasteiger partial charge in [0.15, 0.2) is 17.4 Å². The molecule has 0 saturated heterocycles. The van der Waals surface area contributed by atoms with E-state index in [4.69, 9.17) is 21.4 Å². The molecule has 8 nitrogen and oxygen atoms in total. The first-order valence-electron chi connectivity index (χ1n) is 9.00. The van der Waals surface area contributed by atoms with Crippen LogP contribution in [0.25, 0.3) is 11.4 Å². The molecule has 156 valence electrons. The Bertz CT molecular complexity index is 1050. The predicted molar refractivity (Wildman–Crippen MR) is 111 cm³/mol. The minimum atomic E-state index is -0.525. The van der Waals surface area contributed by atoms with Gasteiger partial charge in [0.2, 0.25) is 0 Å². The molecular formula is C20H19ClFN5O3. The summed E-state index contributed by atoms with van der Waals surface area (Å²) in [6.07, 6.45) is 4.75. The van der Waals surface area contributed by atoms with Gasteiger partial charge in [0, 0.05) is 30.6 Å². The van der Waals surface area contributed by atoms with Gasteiger partial charge in [-0.2, -0.15) is 0 Å². The van der Waals surface area contributed by atoms with Crippen molar-refractivity contribution in [1.82, 2.24) is 20.3 Å². The van der Waals surface area contributed by atoms with Crippen molar-refractivity contribution in [1.29, 1.82) is 0 Å². The van der Waals surface area contributed by atoms with Crippen molar-refractivity contribution in [3.63, 3.8) is 0 Å². The minimum Gasteiger partial charge on any atom is -0.491 e. The summed E-state index contributed by atoms with van der Waals surface area (Å²) in [5.74, 6) is -0.264. The number of nitrogens with one attached hydrogen (secondary N) is 2. The standard InChI is InChI=1S/C20H19ClFN5O3/c1-30-17-11-25-18(13-9-12(21)3-4-15(13)22)27-19(17)26-16-5-7-23-10-14(16)20(29)24-6-2-8-28/h3-5,7,9-11,28H,2,6,8H2,1H3,(H,24,29)(H,23,25,26,27). The van der Waals surface area contributed by atoms with E-state index in [0.29, 0.717) is 29.4 Å². The molecule has 1 amide bonds. The number of aliphatic hydroxyl groups excluding tert-OH is 1. The van der Waals surface area contributed by atoms with E-state index >= 15 is 0 Å². The zero-order valence-electron chi connectivity index (χ0n) is 16.0. The van der Waals surface area contributed by atoms with Gasteiger partial charge in [-0.25, -0.2) is 14.4 Å². The molecule has 10 heteroatoms. The Morgan fingerprint density at radius 1 is 1.30 bits per heavy atom. The number of aliphatic hydroxyl groups is 1. The number of carbonyl (C=O) groups is 1. The summed E-state index contributed by atoms with van der Waals surface area (Å²) in [6.45, 7) is 0.290. The highest BCUT2D eigenvalue weighted by molar-refractivity contribution is 6.30. The van der Waals surface area contributed by atoms with E-state index in [1.54, 1.807) is 6.07 Å². The average molecular weight is 432 g/mol. The highest BCUT2D eigenvalue weighted by Gasteiger charge is 2.17. The molecule has 2 heterocycles. The number of rotatable bonds is 8. The second-order valence-corrected chi connectivity index (χ2v) is 6.55. The second kappa shape index (κ2) is 9.95. The molecule has 2 aromatic heterocycles. The van der Waals surface area contributed by atoms with Crippen molar-refractivity contribution in [2.24, 2.45) is 0 Å². The van der Waals surface area contributed by atoms with Gasteiger partial charge < -0.3 is 20.5 Å². The van der Waals surface area contributed by atoms with Gasteiger partial charge in [-0.1, -0.05) is 11.6 Å². The first-order valence-corrected chi connectivity index (χ1v) is 9.38. The van der Waals surface area contributed by atoms with Gasteiger partial charge in [0.05, 0.1) is 30.1 Å². The van der Waals surface area contributed by atoms with E-state index in [9.17, 15) is 9.18 Å². The van der Waals surface area contributed by atoms with Gasteiger partial charge >= 0.3 is 0 Å². The van der Waals surface area contributed by atoms with Crippen LogP contribution in [0.3, 0.4) is 0 Å². The fraction of sp³-hybridized carbons (Fsp3) is 0.200. The van der Waals surface area contributed by atoms with Crippen LogP contribution in [-0.2, 0) is 0 Å². The summed E-state index contributed by atoms with van der Waals surface area (Å²) in [6, 6.07) is 5.69. The van der Waals surface area contributed by atoms with Crippen LogP contribution >= 0.6 is 11.6 Å². The molecule has 30 heavy (non-hydrogen) atoms. The third-order valence-electron chi connectivity index (χ3n) is 4.08. The number of pyridine rings is 1. The van der Waals surface area contributed by atoms with Crippen LogP contribution in [0.15, 0.2) is 42.9 Å². The zero-order chi connectivity index (χ0) is 21.5. The molecule has 0 spiro atoms. The third kappa shape index (κ3) is 5.00. The molecule has 0 radical (unpaired) electrons. The quantitative estimate of drug-likeness (QED) is 0.470. The van der Waals surface area contributed by atoms with Crippen molar-refractivity contribution in [3.05, 3.63) is 59.3 Å². The number of hydrogen-bond acceptors (Lipinski definition) is 7. The van der Waals surface area contributed by atoms with E-state index in [-0.39, 0.29) is 35.3 Å². The number of hydrogen-bond donors (Lipinski definition) is 3. The molecule has 0 aliphatic carbocycles. The molecule has 1 aromatic carbocycles. The Kier molecular flexibility index (Phi) is 7.10. The van der Waals surface area contributed by atoms with Gasteiger partial charge in [0.25, 0.3) is 5.91 Å². The lowest BCUT2D eigenvalue weighted by Crippen LogP contribution is -2.26. The van der Waals surface area contributed by atoms with Crippen LogP contribution in [0.5, 0.6) is 5.75 Å². The van der Waals surface area contributed by atoms with Crippen molar-refractivity contribution in [3.8, 4) is 17.1 Å². The zero-order valence-corrected chi connectivity index (χ0v) is 16.8. The van der Waals surface area contributed by atoms with Crippen molar-refractivity contribution >= 4 is 29.0 Å². The molecule has 0 aliphatic rings. The van der Waals surface area contributed by atoms with Crippen molar-refractivity contribution in [2.45, 2.75) is 6.42 Å². The van der Waals surface area contributed by atoms with E-state index in [1.165, 1.54) is 43.9 Å². The van der Waals surface area contributed by atoms with Crippen LogP contribution in [0.1, 0.15) is 16.8 Å². The largest absolute Gasteiger partial charge is 0.491 e. The number of nitrogens with zero attached hydrogens (tertiary/aromatic N) is 3. The van der Waals surface area contributed by atoms with E-state index < -0.39 is 5.82 Å². The summed E-state index contributed by atoms with van der Waals surface area (Å²) < 4.78 is 19.5. The maximum atomic E-state index is 14.2. The van der Waals surface area contributed by atoms with Gasteiger partial charge in [0.1, 0.15) is 5.82 Å². The maximum absolute atomic E-state index is 14.2. The minimum absolute atomic E-state index is 0.0284. The Labute approximate surface area is 177 Å². The van der Waals surface area contributed by atoms with Crippen LogP contribution in [0.4, 0.5) is 15.9 Å². The Balaban J connectivity index is 1.95. The first kappa shape index (κ1) is 21.4. The van der Waals surface area contributed by atoms with Gasteiger partial charge in [-0.3, -0.25) is 9.78 Å². The average Bonchev–Trinajstić information content (AvgIpc) is 2.76. The molecule has 3 aromatic rings. The van der Waals surface area contributed by atoms with Crippen LogP contribution in [0, 0.1) is 5.82 Å². The lowest BCUT2D eigenvalue weighted by atomic mass is 10.2. The normalized spacial score (nSPS) is 10.5. The van der Waals surface area contributed by atoms with Crippen LogP contribution in [0.2, 0.25) is 5.02 Å². The molecule has 0 aliphatic heterocycles. The highest BCUT2D eigenvalue weighted by atomic mass is 35.5. The lowest BCUT2D eigenvalue weighted by Gasteiger charge is -2.14. The van der Waals surface area contributed by atoms with Crippen molar-refractivity contribution < 1.29 is 19.0 Å². The fourth-order valence-electron chi connectivity index (χ4n) is 2.60. The molecule has 3 rings (SSSR count). The summed E-state index contributed by atoms with van der Waals surface area (Å²) in [5, 5.41) is 14.9. The van der Waals surface area contributed by atoms with Gasteiger partial charge in [-0.15, -0.1) is 0 Å². The fourth-order valence-corrected chi connectivity index (χ4v) is 2.77. The lowest BCUT2D eigenvalue weighted by molar-refractivity contribution is 0.0951. The monoisotopic (exact) mass is 431 g/mol. The maximum Gasteiger partial charge on any atom is 0.254 e. The molecule has 0 atom stereocenters. The first-order chi connectivity index (χ1) is 14.5. The summed E-state index contributed by atoms with van der Waals surface area (Å²) in [7, 11) is 1.44. The summed E-state index contributed by atoms with van der Waals surface area (Å²) in [5.41, 5.74) is 0.817. The topological polar surface area (TPSA) is 109 Å². The summed E-state index contributed by atoms with van der Waals surface area (Å²) >= 11 is 5.97. The Hall–Kier alpha value is -3.30. The predicted octanol–water partition coefficient (Wildman–Crippen LogP) is 3.20. The number of benzene rings is 1. The van der Waals surface area contributed by atoms with E-state index in [2.05, 4.69) is 25.6 Å². The SMILES string of the molecule is COc1cnc(-c2cc(Cl)ccc2F)nc1Nc1ccncc1C(=O)NCCCO. The Morgan fingerprint density at radius 3 is 2.90 bits per heavy atom. The summed E-state index contributed by atoms with van der Waals surface area (Å²) in [4.78, 5) is 24.9. The number of methoxy groups -OCH3 is 1. The Morgan fingerprint density at radius 2 is 2.13 bits per heavy atom. The smallest absolute Gasteiger partial charge is 0.254 e. The number of halogens is 2. The number of anilines is 2. The molecule has 0 bridgehead atoms. The number of aromatic nitrogens is 3. The molecular weight excluding hydrogens is 413 g/mol. The molecule has 0 fully saturated rings. The molecule has 0 saturated carbocycles. The van der Waals surface area contributed by atoms with Crippen LogP contribution in [-0.4, -0.2) is 46.2 Å². The third-order valence-corrected chi connectivity index (χ3v) is 4.32. The second-order valence-electron chi connectivity index (χ2n) is 6.11. The van der Waals surface area contributed by atoms with Gasteiger partial charge in [-0.05, 0) is 30.7 Å².